The first kappa shape index (κ1) is 11.8. The van der Waals surface area contributed by atoms with E-state index >= 15 is 0 Å². The zero-order valence-corrected chi connectivity index (χ0v) is 10.3. The summed E-state index contributed by atoms with van der Waals surface area (Å²) in [5, 5.41) is 5.96. The van der Waals surface area contributed by atoms with Crippen LogP contribution in [0.5, 0.6) is 0 Å². The average Bonchev–Trinajstić information content (AvgIpc) is 2.63. The molecule has 5 nitrogen and oxygen atoms in total. The van der Waals surface area contributed by atoms with Crippen molar-refractivity contribution in [3.63, 3.8) is 0 Å². The first-order valence-electron chi connectivity index (χ1n) is 5.37. The zero-order valence-electron chi connectivity index (χ0n) is 9.49. The number of aromatic nitrogens is 1. The number of pyridine rings is 1. The Hall–Kier alpha value is -1.69. The van der Waals surface area contributed by atoms with Crippen molar-refractivity contribution in [3.8, 4) is 0 Å². The lowest BCUT2D eigenvalue weighted by Gasteiger charge is -2.14. The van der Waals surface area contributed by atoms with Crippen LogP contribution in [-0.2, 0) is 4.79 Å². The van der Waals surface area contributed by atoms with E-state index in [9.17, 15) is 4.79 Å². The molecular formula is C11H14N4OS. The van der Waals surface area contributed by atoms with Gasteiger partial charge in [0.05, 0.1) is 11.6 Å². The van der Waals surface area contributed by atoms with Crippen LogP contribution >= 0.6 is 12.2 Å². The lowest BCUT2D eigenvalue weighted by Crippen LogP contribution is -2.25. The van der Waals surface area contributed by atoms with Gasteiger partial charge in [0.15, 0.2) is 0 Å². The molecule has 1 atom stereocenters. The molecule has 0 spiro atoms. The number of aryl methyl sites for hydroxylation is 1. The second-order valence-corrected chi connectivity index (χ2v) is 4.50. The molecule has 1 unspecified atom stereocenters. The van der Waals surface area contributed by atoms with Gasteiger partial charge in [-0.3, -0.25) is 4.79 Å². The molecule has 6 heteroatoms. The van der Waals surface area contributed by atoms with Gasteiger partial charge in [0.25, 0.3) is 0 Å². The van der Waals surface area contributed by atoms with E-state index in [-0.39, 0.29) is 11.9 Å². The Morgan fingerprint density at radius 3 is 3.00 bits per heavy atom. The average molecular weight is 250 g/mol. The van der Waals surface area contributed by atoms with E-state index in [1.165, 1.54) is 0 Å². The Balaban J connectivity index is 2.21. The molecule has 1 aromatic heterocycles. The molecule has 0 aliphatic carbocycles. The fraction of sp³-hybridized carbons (Fsp3) is 0.364. The van der Waals surface area contributed by atoms with Gasteiger partial charge in [-0.1, -0.05) is 12.2 Å². The molecule has 1 aliphatic rings. The van der Waals surface area contributed by atoms with Crippen LogP contribution in [0.15, 0.2) is 12.1 Å². The summed E-state index contributed by atoms with van der Waals surface area (Å²) < 4.78 is 0. The predicted molar refractivity (Wildman–Crippen MR) is 69.9 cm³/mol. The van der Waals surface area contributed by atoms with Crippen molar-refractivity contribution in [2.45, 2.75) is 19.4 Å². The maximum absolute atomic E-state index is 11.1. The third kappa shape index (κ3) is 2.71. The second kappa shape index (κ2) is 4.67. The van der Waals surface area contributed by atoms with Crippen molar-refractivity contribution < 1.29 is 4.79 Å². The molecule has 0 aromatic carbocycles. The first-order chi connectivity index (χ1) is 8.06. The minimum atomic E-state index is 0.0462. The summed E-state index contributed by atoms with van der Waals surface area (Å²) in [7, 11) is 0. The Morgan fingerprint density at radius 1 is 1.65 bits per heavy atom. The zero-order chi connectivity index (χ0) is 12.4. The van der Waals surface area contributed by atoms with Gasteiger partial charge < -0.3 is 16.4 Å². The van der Waals surface area contributed by atoms with E-state index < -0.39 is 0 Å². The molecule has 1 aromatic rings. The normalized spacial score (nSPS) is 18.9. The van der Waals surface area contributed by atoms with Crippen LogP contribution in [0.4, 0.5) is 5.82 Å². The number of hydrogen-bond acceptors (Lipinski definition) is 4. The standard InChI is InChI=1S/C11H14N4OS/c1-6-2-3-8(10(12)17)11(14-6)15-7-4-9(16)13-5-7/h2-3,7H,4-5H2,1H3,(H2,12,17)(H,13,16)(H,14,15). The second-order valence-electron chi connectivity index (χ2n) is 4.06. The van der Waals surface area contributed by atoms with Gasteiger partial charge in [0.1, 0.15) is 10.8 Å². The van der Waals surface area contributed by atoms with Crippen LogP contribution < -0.4 is 16.4 Å². The van der Waals surface area contributed by atoms with Crippen LogP contribution in [0.2, 0.25) is 0 Å². The number of nitrogens with zero attached hydrogens (tertiary/aromatic N) is 1. The van der Waals surface area contributed by atoms with E-state index in [0.717, 1.165) is 5.69 Å². The van der Waals surface area contributed by atoms with Gasteiger partial charge in [-0.2, -0.15) is 0 Å². The van der Waals surface area contributed by atoms with Crippen molar-refractivity contribution in [2.75, 3.05) is 11.9 Å². The van der Waals surface area contributed by atoms with Crippen LogP contribution in [-0.4, -0.2) is 28.5 Å². The van der Waals surface area contributed by atoms with Gasteiger partial charge in [0, 0.05) is 18.7 Å². The van der Waals surface area contributed by atoms with E-state index in [1.807, 2.05) is 19.1 Å². The molecule has 1 amide bonds. The SMILES string of the molecule is Cc1ccc(C(N)=S)c(NC2CNC(=O)C2)n1. The topological polar surface area (TPSA) is 80.0 Å². The summed E-state index contributed by atoms with van der Waals surface area (Å²) >= 11 is 4.97. The van der Waals surface area contributed by atoms with Crippen molar-refractivity contribution in [1.82, 2.24) is 10.3 Å². The number of carbonyl (C=O) groups is 1. The van der Waals surface area contributed by atoms with Crippen LogP contribution in [0.3, 0.4) is 0 Å². The smallest absolute Gasteiger partial charge is 0.222 e. The number of nitrogens with two attached hydrogens (primary N) is 1. The lowest BCUT2D eigenvalue weighted by atomic mass is 10.2. The third-order valence-electron chi connectivity index (χ3n) is 2.62. The summed E-state index contributed by atoms with van der Waals surface area (Å²) in [6.45, 7) is 2.50. The third-order valence-corrected chi connectivity index (χ3v) is 2.84. The van der Waals surface area contributed by atoms with Crippen molar-refractivity contribution >= 4 is 28.9 Å². The van der Waals surface area contributed by atoms with E-state index in [0.29, 0.717) is 29.3 Å². The summed E-state index contributed by atoms with van der Waals surface area (Å²) in [5.74, 6) is 0.700. The van der Waals surface area contributed by atoms with E-state index in [1.54, 1.807) is 0 Å². The highest BCUT2D eigenvalue weighted by molar-refractivity contribution is 7.80. The Kier molecular flexibility index (Phi) is 3.23. The molecule has 0 saturated carbocycles. The molecule has 2 rings (SSSR count). The lowest BCUT2D eigenvalue weighted by molar-refractivity contribution is -0.119. The highest BCUT2D eigenvalue weighted by Crippen LogP contribution is 2.16. The van der Waals surface area contributed by atoms with E-state index in [4.69, 9.17) is 18.0 Å². The summed E-state index contributed by atoms with van der Waals surface area (Å²) in [6, 6.07) is 3.75. The molecule has 1 saturated heterocycles. The number of nitrogens with one attached hydrogen (secondary N) is 2. The Morgan fingerprint density at radius 2 is 2.41 bits per heavy atom. The molecule has 0 bridgehead atoms. The number of anilines is 1. The number of thiocarbonyl (C=S) groups is 1. The monoisotopic (exact) mass is 250 g/mol. The van der Waals surface area contributed by atoms with Crippen molar-refractivity contribution in [2.24, 2.45) is 5.73 Å². The van der Waals surface area contributed by atoms with Crippen molar-refractivity contribution in [1.29, 1.82) is 0 Å². The van der Waals surface area contributed by atoms with Crippen molar-refractivity contribution in [3.05, 3.63) is 23.4 Å². The summed E-state index contributed by atoms with van der Waals surface area (Å²) in [6.07, 6.45) is 0.451. The molecule has 1 aliphatic heterocycles. The van der Waals surface area contributed by atoms with Crippen LogP contribution in [0.1, 0.15) is 17.7 Å². The minimum Gasteiger partial charge on any atom is -0.389 e. The number of carbonyl (C=O) groups excluding carboxylic acids is 1. The van der Waals surface area contributed by atoms with Gasteiger partial charge >= 0.3 is 0 Å². The Bertz CT molecular complexity index is 475. The van der Waals surface area contributed by atoms with Crippen LogP contribution in [0.25, 0.3) is 0 Å². The number of hydrogen-bond donors (Lipinski definition) is 3. The summed E-state index contributed by atoms with van der Waals surface area (Å²) in [4.78, 5) is 15.8. The fourth-order valence-corrected chi connectivity index (χ4v) is 1.93. The Labute approximate surface area is 105 Å². The van der Waals surface area contributed by atoms with Gasteiger partial charge in [-0.25, -0.2) is 4.98 Å². The minimum absolute atomic E-state index is 0.0462. The molecular weight excluding hydrogens is 236 g/mol. The van der Waals surface area contributed by atoms with Crippen LogP contribution in [0, 0.1) is 6.92 Å². The highest BCUT2D eigenvalue weighted by Gasteiger charge is 2.22. The fourth-order valence-electron chi connectivity index (χ4n) is 1.77. The predicted octanol–water partition coefficient (Wildman–Crippen LogP) is 0.325. The quantitative estimate of drug-likeness (QED) is 0.673. The molecule has 1 fully saturated rings. The van der Waals surface area contributed by atoms with E-state index in [2.05, 4.69) is 15.6 Å². The number of amides is 1. The van der Waals surface area contributed by atoms with Gasteiger partial charge in [-0.05, 0) is 19.1 Å². The number of rotatable bonds is 3. The van der Waals surface area contributed by atoms with Gasteiger partial charge in [-0.15, -0.1) is 0 Å². The molecule has 90 valence electrons. The maximum atomic E-state index is 11.1. The highest BCUT2D eigenvalue weighted by atomic mass is 32.1. The first-order valence-corrected chi connectivity index (χ1v) is 5.78. The molecule has 17 heavy (non-hydrogen) atoms. The van der Waals surface area contributed by atoms with Gasteiger partial charge in [0.2, 0.25) is 5.91 Å². The maximum Gasteiger partial charge on any atom is 0.222 e. The summed E-state index contributed by atoms with van der Waals surface area (Å²) in [5.41, 5.74) is 7.23. The largest absolute Gasteiger partial charge is 0.389 e. The molecule has 4 N–H and O–H groups in total. The molecule has 0 radical (unpaired) electrons. The molecule has 2 heterocycles.